The molecule has 1 unspecified atom stereocenters. The molecule has 0 bridgehead atoms. The Bertz CT molecular complexity index is 576. The summed E-state index contributed by atoms with van der Waals surface area (Å²) >= 11 is 0. The predicted octanol–water partition coefficient (Wildman–Crippen LogP) is -0.236. The molecule has 0 aliphatic carbocycles. The van der Waals surface area contributed by atoms with Crippen molar-refractivity contribution in [2.45, 2.75) is 12.5 Å². The summed E-state index contributed by atoms with van der Waals surface area (Å²) in [6, 6.07) is -0.444. The van der Waals surface area contributed by atoms with Crippen LogP contribution < -0.4 is 0 Å². The van der Waals surface area contributed by atoms with Gasteiger partial charge < -0.3 is 14.7 Å². The molecule has 136 valence electrons. The molecule has 24 heavy (non-hydrogen) atoms. The van der Waals surface area contributed by atoms with Crippen molar-refractivity contribution in [3.05, 3.63) is 25.3 Å². The van der Waals surface area contributed by atoms with Gasteiger partial charge in [-0.15, -0.1) is 13.2 Å². The van der Waals surface area contributed by atoms with Gasteiger partial charge in [-0.1, -0.05) is 12.2 Å². The second-order valence-electron chi connectivity index (χ2n) is 6.15. The van der Waals surface area contributed by atoms with Crippen LogP contribution in [0.1, 0.15) is 6.42 Å². The van der Waals surface area contributed by atoms with E-state index in [4.69, 9.17) is 0 Å². The highest BCUT2D eigenvalue weighted by atomic mass is 32.2. The number of carbonyl (C=O) groups is 2. The van der Waals surface area contributed by atoms with Crippen molar-refractivity contribution in [1.29, 1.82) is 0 Å². The van der Waals surface area contributed by atoms with Crippen molar-refractivity contribution in [3.63, 3.8) is 0 Å². The third-order valence-electron chi connectivity index (χ3n) is 3.87. The molecule has 1 aliphatic heterocycles. The quantitative estimate of drug-likeness (QED) is 0.443. The summed E-state index contributed by atoms with van der Waals surface area (Å²) in [5.74, 6) is -1.34. The fraction of sp³-hybridized carbons (Fsp3) is 0.625. The van der Waals surface area contributed by atoms with Gasteiger partial charge in [-0.3, -0.25) is 9.59 Å². The molecule has 0 spiro atoms. The summed E-state index contributed by atoms with van der Waals surface area (Å²) in [6.07, 6.45) is 3.45. The maximum absolute atomic E-state index is 12.7. The highest BCUT2D eigenvalue weighted by Crippen LogP contribution is 2.18. The van der Waals surface area contributed by atoms with Crippen LogP contribution in [0.5, 0.6) is 0 Å². The predicted molar refractivity (Wildman–Crippen MR) is 94.3 cm³/mol. The molecule has 0 radical (unpaired) electrons. The van der Waals surface area contributed by atoms with Gasteiger partial charge in [0.05, 0.1) is 11.5 Å². The number of rotatable bonds is 8. The number of carbonyl (C=O) groups excluding carboxylic acids is 2. The first-order valence-corrected chi connectivity index (χ1v) is 9.70. The molecule has 0 N–H and O–H groups in total. The molecule has 1 rings (SSSR count). The van der Waals surface area contributed by atoms with Gasteiger partial charge in [-0.2, -0.15) is 0 Å². The van der Waals surface area contributed by atoms with Gasteiger partial charge in [0.25, 0.3) is 0 Å². The lowest BCUT2D eigenvalue weighted by Crippen LogP contribution is -2.51. The van der Waals surface area contributed by atoms with Crippen LogP contribution in [0.25, 0.3) is 0 Å². The molecule has 0 aromatic heterocycles. The van der Waals surface area contributed by atoms with Crippen molar-refractivity contribution in [2.75, 3.05) is 51.8 Å². The van der Waals surface area contributed by atoms with E-state index < -0.39 is 27.7 Å². The molecule has 0 aromatic rings. The molecule has 0 aromatic carbocycles. The Labute approximate surface area is 144 Å². The van der Waals surface area contributed by atoms with Crippen molar-refractivity contribution >= 4 is 21.7 Å². The van der Waals surface area contributed by atoms with Crippen LogP contribution >= 0.6 is 0 Å². The summed E-state index contributed by atoms with van der Waals surface area (Å²) in [4.78, 5) is 29.8. The van der Waals surface area contributed by atoms with E-state index in [1.807, 2.05) is 19.0 Å². The standard InChI is InChI=1S/C16H27N3O4S/c1-5-8-18(9-6-2)15(20)16(21)19(11-10-17(3)4)14-7-12-24(22,23)13-14/h5-6,14H,1-2,7-13H2,3-4H3. The molecule has 2 amide bonds. The Morgan fingerprint density at radius 3 is 2.08 bits per heavy atom. The summed E-state index contributed by atoms with van der Waals surface area (Å²) < 4.78 is 23.5. The normalized spacial score (nSPS) is 19.0. The average molecular weight is 357 g/mol. The number of hydrogen-bond acceptors (Lipinski definition) is 5. The zero-order valence-corrected chi connectivity index (χ0v) is 15.3. The molecule has 1 fully saturated rings. The first-order chi connectivity index (χ1) is 11.2. The van der Waals surface area contributed by atoms with E-state index >= 15 is 0 Å². The summed E-state index contributed by atoms with van der Waals surface area (Å²) in [5.41, 5.74) is 0. The summed E-state index contributed by atoms with van der Waals surface area (Å²) in [6.45, 7) is 8.51. The minimum atomic E-state index is -3.14. The Morgan fingerprint density at radius 1 is 1.08 bits per heavy atom. The number of hydrogen-bond donors (Lipinski definition) is 0. The lowest BCUT2D eigenvalue weighted by Gasteiger charge is -2.30. The first-order valence-electron chi connectivity index (χ1n) is 7.88. The van der Waals surface area contributed by atoms with Crippen LogP contribution in [-0.4, -0.2) is 92.8 Å². The van der Waals surface area contributed by atoms with Crippen molar-refractivity contribution in [1.82, 2.24) is 14.7 Å². The maximum atomic E-state index is 12.7. The van der Waals surface area contributed by atoms with E-state index in [1.54, 1.807) is 12.2 Å². The zero-order chi connectivity index (χ0) is 18.3. The van der Waals surface area contributed by atoms with E-state index in [2.05, 4.69) is 13.2 Å². The summed E-state index contributed by atoms with van der Waals surface area (Å²) in [5, 5.41) is 0. The molecule has 1 aliphatic rings. The Kier molecular flexibility index (Phi) is 7.62. The van der Waals surface area contributed by atoms with Gasteiger partial charge in [0.2, 0.25) is 0 Å². The third-order valence-corrected chi connectivity index (χ3v) is 5.62. The summed E-state index contributed by atoms with van der Waals surface area (Å²) in [7, 11) is 0.574. The van der Waals surface area contributed by atoms with Crippen LogP contribution in [0.4, 0.5) is 0 Å². The Balaban J connectivity index is 2.95. The molecule has 1 heterocycles. The lowest BCUT2D eigenvalue weighted by atomic mass is 10.2. The molecular formula is C16H27N3O4S. The highest BCUT2D eigenvalue weighted by Gasteiger charge is 2.37. The van der Waals surface area contributed by atoms with Crippen LogP contribution in [-0.2, 0) is 19.4 Å². The molecule has 7 nitrogen and oxygen atoms in total. The monoisotopic (exact) mass is 357 g/mol. The molecule has 1 saturated heterocycles. The van der Waals surface area contributed by atoms with Gasteiger partial charge in [-0.25, -0.2) is 8.42 Å². The van der Waals surface area contributed by atoms with Crippen molar-refractivity contribution in [3.8, 4) is 0 Å². The fourth-order valence-electron chi connectivity index (χ4n) is 2.59. The molecular weight excluding hydrogens is 330 g/mol. The fourth-order valence-corrected chi connectivity index (χ4v) is 4.32. The Hall–Kier alpha value is -1.67. The second kappa shape index (κ2) is 8.98. The van der Waals surface area contributed by atoms with Crippen LogP contribution in [0.3, 0.4) is 0 Å². The van der Waals surface area contributed by atoms with E-state index in [-0.39, 0.29) is 24.6 Å². The van der Waals surface area contributed by atoms with Crippen LogP contribution in [0.2, 0.25) is 0 Å². The average Bonchev–Trinajstić information content (AvgIpc) is 2.86. The van der Waals surface area contributed by atoms with E-state index in [0.29, 0.717) is 19.5 Å². The van der Waals surface area contributed by atoms with Gasteiger partial charge in [0.15, 0.2) is 9.84 Å². The number of amides is 2. The topological polar surface area (TPSA) is 78.0 Å². The van der Waals surface area contributed by atoms with E-state index in [9.17, 15) is 18.0 Å². The zero-order valence-electron chi connectivity index (χ0n) is 14.5. The van der Waals surface area contributed by atoms with Gasteiger partial charge in [0, 0.05) is 32.2 Å². The van der Waals surface area contributed by atoms with Gasteiger partial charge in [-0.05, 0) is 20.5 Å². The molecule has 1 atom stereocenters. The van der Waals surface area contributed by atoms with Crippen molar-refractivity contribution in [2.24, 2.45) is 0 Å². The number of sulfone groups is 1. The van der Waals surface area contributed by atoms with Gasteiger partial charge in [0.1, 0.15) is 0 Å². The first kappa shape index (κ1) is 20.4. The largest absolute Gasteiger partial charge is 0.329 e. The minimum Gasteiger partial charge on any atom is -0.329 e. The highest BCUT2D eigenvalue weighted by molar-refractivity contribution is 7.91. The van der Waals surface area contributed by atoms with E-state index in [1.165, 1.54) is 9.80 Å². The van der Waals surface area contributed by atoms with Gasteiger partial charge >= 0.3 is 11.8 Å². The maximum Gasteiger partial charge on any atom is 0.312 e. The second-order valence-corrected chi connectivity index (χ2v) is 8.37. The minimum absolute atomic E-state index is 0.0562. The lowest BCUT2D eigenvalue weighted by molar-refractivity contribution is -0.152. The Morgan fingerprint density at radius 2 is 1.67 bits per heavy atom. The smallest absolute Gasteiger partial charge is 0.312 e. The van der Waals surface area contributed by atoms with Crippen molar-refractivity contribution < 1.29 is 18.0 Å². The third kappa shape index (κ3) is 5.76. The molecule has 0 saturated carbocycles. The number of nitrogens with zero attached hydrogens (tertiary/aromatic N) is 3. The number of likely N-dealkylation sites (N-methyl/N-ethyl adjacent to an activating group) is 1. The SMILES string of the molecule is C=CCN(CC=C)C(=O)C(=O)N(CCN(C)C)C1CCS(=O)(=O)C1. The van der Waals surface area contributed by atoms with Crippen LogP contribution in [0.15, 0.2) is 25.3 Å². The van der Waals surface area contributed by atoms with E-state index in [0.717, 1.165) is 0 Å². The molecule has 8 heteroatoms. The van der Waals surface area contributed by atoms with Crippen LogP contribution in [0, 0.1) is 0 Å².